The second kappa shape index (κ2) is 6.65. The topological polar surface area (TPSA) is 91.8 Å². The van der Waals surface area contributed by atoms with Crippen LogP contribution in [0.15, 0.2) is 15.6 Å². The molecular formula is C17H18N4O2S. The first-order valence-electron chi connectivity index (χ1n) is 7.83. The number of nitriles is 1. The van der Waals surface area contributed by atoms with Gasteiger partial charge in [0.2, 0.25) is 11.8 Å². The molecule has 0 bridgehead atoms. The third kappa shape index (κ3) is 3.15. The van der Waals surface area contributed by atoms with Gasteiger partial charge in [0.25, 0.3) is 0 Å². The first-order valence-corrected chi connectivity index (χ1v) is 8.71. The number of aryl methyl sites for hydroxylation is 2. The van der Waals surface area contributed by atoms with Crippen molar-refractivity contribution >= 4 is 23.6 Å². The summed E-state index contributed by atoms with van der Waals surface area (Å²) in [4.78, 5) is 17.0. The molecule has 1 aliphatic carbocycles. The Hall–Kier alpha value is -2.33. The van der Waals surface area contributed by atoms with Gasteiger partial charge in [0.05, 0.1) is 16.5 Å². The molecule has 6 nitrogen and oxygen atoms in total. The first-order chi connectivity index (χ1) is 11.5. The molecule has 2 aromatic rings. The van der Waals surface area contributed by atoms with Gasteiger partial charge in [0.15, 0.2) is 0 Å². The Kier molecular flexibility index (Phi) is 4.58. The van der Waals surface area contributed by atoms with E-state index in [0.29, 0.717) is 22.2 Å². The van der Waals surface area contributed by atoms with Crippen LogP contribution in [0.1, 0.15) is 41.4 Å². The van der Waals surface area contributed by atoms with Crippen LogP contribution in [0, 0.1) is 25.2 Å². The summed E-state index contributed by atoms with van der Waals surface area (Å²) in [5, 5.41) is 16.1. The van der Waals surface area contributed by atoms with Crippen LogP contribution in [0.3, 0.4) is 0 Å². The van der Waals surface area contributed by atoms with Crippen LogP contribution >= 0.6 is 11.8 Å². The zero-order valence-corrected chi connectivity index (χ0v) is 14.7. The molecule has 0 saturated heterocycles. The Balaban J connectivity index is 1.79. The molecule has 124 valence electrons. The van der Waals surface area contributed by atoms with Crippen molar-refractivity contribution in [1.82, 2.24) is 10.1 Å². The largest absolute Gasteiger partial charge is 0.338 e. The summed E-state index contributed by atoms with van der Waals surface area (Å²) in [5.41, 5.74) is 4.54. The predicted octanol–water partition coefficient (Wildman–Crippen LogP) is 3.17. The molecular weight excluding hydrogens is 324 g/mol. The molecule has 3 rings (SSSR count). The monoisotopic (exact) mass is 342 g/mol. The Bertz CT molecular complexity index is 838. The van der Waals surface area contributed by atoms with Crippen molar-refractivity contribution in [2.45, 2.75) is 50.3 Å². The minimum atomic E-state index is -0.408. The van der Waals surface area contributed by atoms with Gasteiger partial charge in [-0.15, -0.1) is 0 Å². The Morgan fingerprint density at radius 1 is 1.46 bits per heavy atom. The maximum absolute atomic E-state index is 12.3. The number of aromatic nitrogens is 2. The third-order valence-corrected chi connectivity index (χ3v) is 5.20. The van der Waals surface area contributed by atoms with Crippen LogP contribution in [0.25, 0.3) is 0 Å². The molecule has 1 aliphatic rings. The van der Waals surface area contributed by atoms with E-state index >= 15 is 0 Å². The van der Waals surface area contributed by atoms with E-state index in [1.54, 1.807) is 19.9 Å². The quantitative estimate of drug-likeness (QED) is 0.858. The van der Waals surface area contributed by atoms with Crippen molar-refractivity contribution in [3.63, 3.8) is 0 Å². The maximum atomic E-state index is 12.3. The zero-order valence-electron chi connectivity index (χ0n) is 13.8. The number of nitrogens with zero attached hydrogens (tertiary/aromatic N) is 3. The number of rotatable bonds is 4. The van der Waals surface area contributed by atoms with Crippen LogP contribution in [0.2, 0.25) is 0 Å². The predicted molar refractivity (Wildman–Crippen MR) is 90.9 cm³/mol. The number of carbonyl (C=O) groups excluding carboxylic acids is 1. The molecule has 1 amide bonds. The lowest BCUT2D eigenvalue weighted by Gasteiger charge is -2.14. The van der Waals surface area contributed by atoms with Gasteiger partial charge in [0, 0.05) is 11.8 Å². The lowest BCUT2D eigenvalue weighted by Crippen LogP contribution is -2.22. The van der Waals surface area contributed by atoms with E-state index in [1.165, 1.54) is 17.3 Å². The van der Waals surface area contributed by atoms with Crippen molar-refractivity contribution in [3.8, 4) is 6.07 Å². The van der Waals surface area contributed by atoms with Gasteiger partial charge in [-0.1, -0.05) is 16.9 Å². The summed E-state index contributed by atoms with van der Waals surface area (Å²) in [5.74, 6) is 0.114. The lowest BCUT2D eigenvalue weighted by atomic mass is 10.0. The Morgan fingerprint density at radius 3 is 2.92 bits per heavy atom. The smallest absolute Gasteiger partial charge is 0.240 e. The fourth-order valence-corrected chi connectivity index (χ4v) is 3.81. The summed E-state index contributed by atoms with van der Waals surface area (Å²) in [6.45, 7) is 5.54. The van der Waals surface area contributed by atoms with Gasteiger partial charge in [-0.3, -0.25) is 10.1 Å². The average Bonchev–Trinajstić information content (AvgIpc) is 3.16. The summed E-state index contributed by atoms with van der Waals surface area (Å²) in [6, 6.07) is 3.91. The Labute approximate surface area is 144 Å². The summed E-state index contributed by atoms with van der Waals surface area (Å²) >= 11 is 1.30. The average molecular weight is 342 g/mol. The number of anilines is 1. The van der Waals surface area contributed by atoms with Crippen LogP contribution in [0.5, 0.6) is 0 Å². The van der Waals surface area contributed by atoms with E-state index in [1.807, 2.05) is 6.92 Å². The summed E-state index contributed by atoms with van der Waals surface area (Å²) < 4.78 is 5.00. The van der Waals surface area contributed by atoms with E-state index in [0.717, 1.165) is 30.5 Å². The van der Waals surface area contributed by atoms with Crippen LogP contribution < -0.4 is 5.32 Å². The summed E-state index contributed by atoms with van der Waals surface area (Å²) in [6.07, 6.45) is 2.99. The highest BCUT2D eigenvalue weighted by molar-refractivity contribution is 8.00. The molecule has 0 saturated carbocycles. The number of fused-ring (bicyclic) bond motifs is 1. The van der Waals surface area contributed by atoms with E-state index < -0.39 is 5.25 Å². The summed E-state index contributed by atoms with van der Waals surface area (Å²) in [7, 11) is 0. The number of hydrogen-bond donors (Lipinski definition) is 1. The minimum absolute atomic E-state index is 0.208. The highest BCUT2D eigenvalue weighted by Gasteiger charge is 2.24. The zero-order chi connectivity index (χ0) is 17.3. The molecule has 1 unspecified atom stereocenters. The van der Waals surface area contributed by atoms with Crippen molar-refractivity contribution in [1.29, 1.82) is 5.26 Å². The number of carbonyl (C=O) groups is 1. The standard InChI is InChI=1S/C17H18N4O2S/c1-9-7-15(23-21-9)20-16(22)11(3)24-17-13(8-18)10(2)12-5-4-6-14(12)19-17/h7,11H,4-6H2,1-3H3,(H,20,22). The maximum Gasteiger partial charge on any atom is 0.240 e. The minimum Gasteiger partial charge on any atom is -0.338 e. The normalized spacial score (nSPS) is 14.1. The molecule has 0 aliphatic heterocycles. The van der Waals surface area contributed by atoms with Gasteiger partial charge < -0.3 is 4.52 Å². The number of nitrogens with one attached hydrogen (secondary N) is 1. The molecule has 24 heavy (non-hydrogen) atoms. The number of pyridine rings is 1. The van der Waals surface area contributed by atoms with E-state index in [-0.39, 0.29) is 5.91 Å². The van der Waals surface area contributed by atoms with Crippen LogP contribution in [-0.4, -0.2) is 21.3 Å². The van der Waals surface area contributed by atoms with Crippen LogP contribution in [0.4, 0.5) is 5.88 Å². The van der Waals surface area contributed by atoms with Gasteiger partial charge in [-0.05, 0) is 51.2 Å². The lowest BCUT2D eigenvalue weighted by molar-refractivity contribution is -0.115. The molecule has 7 heteroatoms. The first kappa shape index (κ1) is 16.5. The number of hydrogen-bond acceptors (Lipinski definition) is 6. The number of thioether (sulfide) groups is 1. The van der Waals surface area contributed by atoms with E-state index in [9.17, 15) is 10.1 Å². The second-order valence-electron chi connectivity index (χ2n) is 5.89. The fourth-order valence-electron chi connectivity index (χ4n) is 2.83. The highest BCUT2D eigenvalue weighted by atomic mass is 32.2. The second-order valence-corrected chi connectivity index (χ2v) is 7.22. The van der Waals surface area contributed by atoms with Crippen molar-refractivity contribution < 1.29 is 9.32 Å². The molecule has 1 atom stereocenters. The third-order valence-electron chi connectivity index (χ3n) is 4.11. The van der Waals surface area contributed by atoms with Gasteiger partial charge in [0.1, 0.15) is 11.1 Å². The molecule has 0 fully saturated rings. The molecule has 2 heterocycles. The Morgan fingerprint density at radius 2 is 2.25 bits per heavy atom. The number of amides is 1. The van der Waals surface area contributed by atoms with Crippen molar-refractivity contribution in [2.24, 2.45) is 0 Å². The highest BCUT2D eigenvalue weighted by Crippen LogP contribution is 2.33. The van der Waals surface area contributed by atoms with Crippen molar-refractivity contribution in [3.05, 3.63) is 34.1 Å². The molecule has 0 aromatic carbocycles. The molecule has 1 N–H and O–H groups in total. The fraction of sp³-hybridized carbons (Fsp3) is 0.412. The van der Waals surface area contributed by atoms with Crippen LogP contribution in [-0.2, 0) is 17.6 Å². The van der Waals surface area contributed by atoms with E-state index in [2.05, 4.69) is 21.5 Å². The van der Waals surface area contributed by atoms with Gasteiger partial charge >= 0.3 is 0 Å². The van der Waals surface area contributed by atoms with Gasteiger partial charge in [-0.2, -0.15) is 5.26 Å². The van der Waals surface area contributed by atoms with Gasteiger partial charge in [-0.25, -0.2) is 4.98 Å². The molecule has 0 spiro atoms. The van der Waals surface area contributed by atoms with Crippen molar-refractivity contribution in [2.75, 3.05) is 5.32 Å². The van der Waals surface area contributed by atoms with E-state index in [4.69, 9.17) is 4.52 Å². The SMILES string of the molecule is Cc1cc(NC(=O)C(C)Sc2nc3c(c(C)c2C#N)CCC3)on1. The molecule has 2 aromatic heterocycles. The molecule has 0 radical (unpaired) electrons.